The van der Waals surface area contributed by atoms with Gasteiger partial charge in [-0.3, -0.25) is 0 Å². The van der Waals surface area contributed by atoms with Crippen molar-refractivity contribution in [3.05, 3.63) is 0 Å². The largest absolute Gasteiger partial charge is 0.334 e. The van der Waals surface area contributed by atoms with Gasteiger partial charge >= 0.3 is 0 Å². The predicted octanol–water partition coefficient (Wildman–Crippen LogP) is 7.14. The Labute approximate surface area is 153 Å². The van der Waals surface area contributed by atoms with Crippen LogP contribution < -0.4 is 4.98 Å². The Kier molecular flexibility index (Phi) is 8.33. The highest BCUT2D eigenvalue weighted by molar-refractivity contribution is 6.76. The summed E-state index contributed by atoms with van der Waals surface area (Å²) in [5.74, 6) is 2.76. The molecule has 0 radical (unpaired) electrons. The minimum Gasteiger partial charge on any atom is -0.334 e. The Bertz CT molecular complexity index is 342. The van der Waals surface area contributed by atoms with E-state index >= 15 is 0 Å². The maximum atomic E-state index is 4.30. The van der Waals surface area contributed by atoms with Gasteiger partial charge in [0.25, 0.3) is 0 Å². The first-order valence-corrected chi connectivity index (χ1v) is 14.3. The molecular weight excluding hydrogens is 306 g/mol. The summed E-state index contributed by atoms with van der Waals surface area (Å²) in [6.45, 7) is 12.8. The van der Waals surface area contributed by atoms with E-state index in [-0.39, 0.29) is 0 Å². The van der Waals surface area contributed by atoms with Gasteiger partial charge in [0.2, 0.25) is 0 Å². The lowest BCUT2D eigenvalue weighted by molar-refractivity contribution is 0.377. The van der Waals surface area contributed by atoms with Gasteiger partial charge in [0.05, 0.1) is 0 Å². The van der Waals surface area contributed by atoms with Crippen molar-refractivity contribution in [3.63, 3.8) is 0 Å². The molecule has 24 heavy (non-hydrogen) atoms. The normalized spacial score (nSPS) is 35.4. The van der Waals surface area contributed by atoms with Gasteiger partial charge in [-0.2, -0.15) is 0 Å². The van der Waals surface area contributed by atoms with Crippen LogP contribution in [0.4, 0.5) is 0 Å². The highest BCUT2D eigenvalue weighted by Gasteiger charge is 2.45. The summed E-state index contributed by atoms with van der Waals surface area (Å²) in [7, 11) is -1.34. The summed E-state index contributed by atoms with van der Waals surface area (Å²) >= 11 is 0. The van der Waals surface area contributed by atoms with Crippen LogP contribution in [0.2, 0.25) is 18.6 Å². The second kappa shape index (κ2) is 9.76. The Balaban J connectivity index is 1.91. The quantitative estimate of drug-likeness (QED) is 0.533. The van der Waals surface area contributed by atoms with Crippen molar-refractivity contribution in [2.45, 2.75) is 122 Å². The van der Waals surface area contributed by atoms with Gasteiger partial charge in [-0.05, 0) is 42.6 Å². The van der Waals surface area contributed by atoms with Crippen LogP contribution in [0.25, 0.3) is 0 Å². The standard InChI is InChI=1S/C22H45NSi/c1-18-17-22(20(3)19(18)2)24(4,5)23-21-15-13-11-9-7-6-8-10-12-14-16-21/h18-23H,6-17H2,1-5H3. The molecule has 4 unspecified atom stereocenters. The number of hydrogen-bond acceptors (Lipinski definition) is 1. The lowest BCUT2D eigenvalue weighted by atomic mass is 9.94. The predicted molar refractivity (Wildman–Crippen MR) is 111 cm³/mol. The van der Waals surface area contributed by atoms with Crippen molar-refractivity contribution in [1.82, 2.24) is 4.98 Å². The second-order valence-corrected chi connectivity index (χ2v) is 14.3. The van der Waals surface area contributed by atoms with Crippen molar-refractivity contribution >= 4 is 8.24 Å². The molecule has 1 nitrogen and oxygen atoms in total. The molecule has 4 atom stereocenters. The maximum absolute atomic E-state index is 4.30. The summed E-state index contributed by atoms with van der Waals surface area (Å²) in [4.78, 5) is 4.30. The fourth-order valence-corrected chi connectivity index (χ4v) is 9.74. The first-order valence-electron chi connectivity index (χ1n) is 11.2. The van der Waals surface area contributed by atoms with E-state index in [1.165, 1.54) is 77.0 Å². The molecule has 0 heterocycles. The van der Waals surface area contributed by atoms with Crippen molar-refractivity contribution in [2.24, 2.45) is 17.8 Å². The monoisotopic (exact) mass is 351 g/mol. The summed E-state index contributed by atoms with van der Waals surface area (Å²) < 4.78 is 0. The molecule has 0 aromatic carbocycles. The zero-order chi connectivity index (χ0) is 17.6. The van der Waals surface area contributed by atoms with Crippen LogP contribution >= 0.6 is 0 Å². The van der Waals surface area contributed by atoms with E-state index in [9.17, 15) is 0 Å². The zero-order valence-corrected chi connectivity index (χ0v) is 18.4. The van der Waals surface area contributed by atoms with Crippen molar-refractivity contribution in [1.29, 1.82) is 0 Å². The van der Waals surface area contributed by atoms with Gasteiger partial charge < -0.3 is 4.98 Å². The van der Waals surface area contributed by atoms with Crippen LogP contribution in [0.3, 0.4) is 0 Å². The molecule has 2 saturated carbocycles. The summed E-state index contributed by atoms with van der Waals surface area (Å²) in [6, 6.07) is 0.810. The molecule has 1 N–H and O–H groups in total. The van der Waals surface area contributed by atoms with Crippen molar-refractivity contribution in [3.8, 4) is 0 Å². The summed E-state index contributed by atoms with van der Waals surface area (Å²) in [5, 5.41) is 0. The van der Waals surface area contributed by atoms with Gasteiger partial charge in [-0.15, -0.1) is 0 Å². The van der Waals surface area contributed by atoms with Crippen LogP contribution in [-0.2, 0) is 0 Å². The van der Waals surface area contributed by atoms with Crippen molar-refractivity contribution < 1.29 is 0 Å². The molecular formula is C22H45NSi. The lowest BCUT2D eigenvalue weighted by Gasteiger charge is -2.38. The molecule has 2 aliphatic carbocycles. The SMILES string of the molecule is CC1CC([Si](C)(C)NC2CCCCCCCCCCC2)C(C)C1C. The summed E-state index contributed by atoms with van der Waals surface area (Å²) in [5.41, 5.74) is 0.976. The topological polar surface area (TPSA) is 12.0 Å². The smallest absolute Gasteiger partial charge is 0.123 e. The molecule has 0 aromatic rings. The maximum Gasteiger partial charge on any atom is 0.123 e. The van der Waals surface area contributed by atoms with E-state index in [1.54, 1.807) is 0 Å². The van der Waals surface area contributed by atoms with Crippen LogP contribution in [-0.4, -0.2) is 14.3 Å². The molecule has 0 bridgehead atoms. The number of nitrogens with one attached hydrogen (secondary N) is 1. The van der Waals surface area contributed by atoms with Gasteiger partial charge in [-0.1, -0.05) is 91.7 Å². The molecule has 2 fully saturated rings. The number of hydrogen-bond donors (Lipinski definition) is 1. The minimum atomic E-state index is -1.34. The Morgan fingerprint density at radius 3 is 1.54 bits per heavy atom. The van der Waals surface area contributed by atoms with Crippen LogP contribution in [0.15, 0.2) is 0 Å². The van der Waals surface area contributed by atoms with E-state index in [1.807, 2.05) is 0 Å². The highest BCUT2D eigenvalue weighted by Crippen LogP contribution is 2.49. The fourth-order valence-electron chi connectivity index (χ4n) is 5.61. The van der Waals surface area contributed by atoms with E-state index < -0.39 is 8.24 Å². The third-order valence-electron chi connectivity index (χ3n) is 7.60. The fraction of sp³-hybridized carbons (Fsp3) is 1.00. The zero-order valence-electron chi connectivity index (χ0n) is 17.4. The Hall–Kier alpha value is 0.177. The van der Waals surface area contributed by atoms with E-state index in [0.29, 0.717) is 0 Å². The van der Waals surface area contributed by atoms with Gasteiger partial charge in [0.15, 0.2) is 0 Å². The first-order chi connectivity index (χ1) is 11.4. The Morgan fingerprint density at radius 1 is 0.667 bits per heavy atom. The van der Waals surface area contributed by atoms with E-state index in [4.69, 9.17) is 0 Å². The third-order valence-corrected chi connectivity index (χ3v) is 11.4. The van der Waals surface area contributed by atoms with Crippen LogP contribution in [0, 0.1) is 17.8 Å². The third kappa shape index (κ3) is 5.87. The van der Waals surface area contributed by atoms with E-state index in [2.05, 4.69) is 38.8 Å². The first kappa shape index (κ1) is 20.5. The van der Waals surface area contributed by atoms with Gasteiger partial charge in [-0.25, -0.2) is 0 Å². The average molecular weight is 352 g/mol. The molecule has 0 spiro atoms. The molecule has 2 aliphatic rings. The summed E-state index contributed by atoms with van der Waals surface area (Å²) in [6.07, 6.45) is 17.6. The van der Waals surface area contributed by atoms with Gasteiger partial charge in [0.1, 0.15) is 8.24 Å². The molecule has 2 heteroatoms. The van der Waals surface area contributed by atoms with Crippen molar-refractivity contribution in [2.75, 3.05) is 0 Å². The molecule has 0 saturated heterocycles. The van der Waals surface area contributed by atoms with E-state index in [0.717, 1.165) is 29.3 Å². The molecule has 2 rings (SSSR count). The molecule has 0 aromatic heterocycles. The minimum absolute atomic E-state index is 0.810. The number of rotatable bonds is 3. The average Bonchev–Trinajstić information content (AvgIpc) is 2.78. The van der Waals surface area contributed by atoms with Crippen LogP contribution in [0.1, 0.15) is 97.8 Å². The molecule has 142 valence electrons. The highest BCUT2D eigenvalue weighted by atomic mass is 28.3. The Morgan fingerprint density at radius 2 is 1.12 bits per heavy atom. The van der Waals surface area contributed by atoms with Crippen LogP contribution in [0.5, 0.6) is 0 Å². The lowest BCUT2D eigenvalue weighted by Crippen LogP contribution is -2.54. The molecule has 0 aliphatic heterocycles. The van der Waals surface area contributed by atoms with Gasteiger partial charge in [0, 0.05) is 6.04 Å². The molecule has 0 amide bonds. The second-order valence-electron chi connectivity index (χ2n) is 9.86.